The van der Waals surface area contributed by atoms with Crippen LogP contribution in [0.5, 0.6) is 0 Å². The summed E-state index contributed by atoms with van der Waals surface area (Å²) in [7, 11) is 0. The van der Waals surface area contributed by atoms with Crippen molar-refractivity contribution in [2.24, 2.45) is 10.8 Å². The first kappa shape index (κ1) is 23.0. The van der Waals surface area contributed by atoms with Gasteiger partial charge in [0.25, 0.3) is 0 Å². The van der Waals surface area contributed by atoms with Crippen LogP contribution in [0.4, 0.5) is 0 Å². The summed E-state index contributed by atoms with van der Waals surface area (Å²) >= 11 is 0. The minimum absolute atomic E-state index is 0.0894. The molecule has 5 nitrogen and oxygen atoms in total. The molecule has 3 rings (SSSR count). The predicted octanol–water partition coefficient (Wildman–Crippen LogP) is 4.47. The molecular formula is C26H35N3O2. The fourth-order valence-corrected chi connectivity index (χ4v) is 4.25. The van der Waals surface area contributed by atoms with Gasteiger partial charge in [-0.1, -0.05) is 51.1 Å². The molecule has 1 fully saturated rings. The molecule has 1 aliphatic rings. The molecule has 1 saturated heterocycles. The van der Waals surface area contributed by atoms with Crippen LogP contribution in [0, 0.1) is 10.8 Å². The average molecular weight is 422 g/mol. The number of pyridine rings is 1. The number of rotatable bonds is 5. The van der Waals surface area contributed by atoms with E-state index < -0.39 is 10.8 Å². The number of carbonyl (C=O) groups is 2. The van der Waals surface area contributed by atoms with Gasteiger partial charge in [0.2, 0.25) is 11.8 Å². The maximum atomic E-state index is 13.3. The maximum absolute atomic E-state index is 13.3. The minimum atomic E-state index is -0.491. The van der Waals surface area contributed by atoms with Gasteiger partial charge < -0.3 is 10.2 Å². The van der Waals surface area contributed by atoms with Crippen molar-refractivity contribution in [1.82, 2.24) is 15.2 Å². The predicted molar refractivity (Wildman–Crippen MR) is 124 cm³/mol. The first-order valence-electron chi connectivity index (χ1n) is 11.2. The molecule has 0 spiro atoms. The van der Waals surface area contributed by atoms with Gasteiger partial charge in [-0.2, -0.15) is 0 Å². The molecule has 0 unspecified atom stereocenters. The van der Waals surface area contributed by atoms with Crippen molar-refractivity contribution >= 4 is 11.8 Å². The Labute approximate surface area is 186 Å². The zero-order chi connectivity index (χ0) is 22.6. The van der Waals surface area contributed by atoms with Crippen LogP contribution in [0.2, 0.25) is 0 Å². The molecule has 2 amide bonds. The molecule has 2 heterocycles. The fraction of sp³-hybridized carbons (Fsp3) is 0.500. The third kappa shape index (κ3) is 5.52. The zero-order valence-electron chi connectivity index (χ0n) is 19.4. The van der Waals surface area contributed by atoms with Crippen LogP contribution in [0.15, 0.2) is 48.8 Å². The van der Waals surface area contributed by atoms with Gasteiger partial charge in [-0.25, -0.2) is 0 Å². The highest BCUT2D eigenvalue weighted by Gasteiger charge is 2.43. The quantitative estimate of drug-likeness (QED) is 0.775. The second-order valence-electron chi connectivity index (χ2n) is 10.1. The fourth-order valence-electron chi connectivity index (χ4n) is 4.25. The van der Waals surface area contributed by atoms with Gasteiger partial charge in [-0.3, -0.25) is 14.6 Å². The minimum Gasteiger partial charge on any atom is -0.353 e. The molecule has 0 saturated carbocycles. The number of benzene rings is 1. The topological polar surface area (TPSA) is 62.3 Å². The average Bonchev–Trinajstić information content (AvgIpc) is 2.74. The Morgan fingerprint density at radius 3 is 2.23 bits per heavy atom. The Morgan fingerprint density at radius 2 is 1.71 bits per heavy atom. The van der Waals surface area contributed by atoms with Crippen LogP contribution in [-0.4, -0.2) is 40.8 Å². The van der Waals surface area contributed by atoms with E-state index in [9.17, 15) is 9.59 Å². The number of piperidine rings is 1. The van der Waals surface area contributed by atoms with Gasteiger partial charge >= 0.3 is 0 Å². The van der Waals surface area contributed by atoms with Crippen LogP contribution in [0.1, 0.15) is 53.0 Å². The number of nitrogens with one attached hydrogen (secondary N) is 1. The lowest BCUT2D eigenvalue weighted by atomic mass is 9.72. The van der Waals surface area contributed by atoms with Crippen LogP contribution in [-0.2, 0) is 16.0 Å². The molecule has 0 aliphatic carbocycles. The molecule has 31 heavy (non-hydrogen) atoms. The van der Waals surface area contributed by atoms with Crippen molar-refractivity contribution in [2.75, 3.05) is 13.1 Å². The zero-order valence-corrected chi connectivity index (χ0v) is 19.4. The Bertz CT molecular complexity index is 890. The van der Waals surface area contributed by atoms with Crippen molar-refractivity contribution in [2.45, 2.75) is 59.9 Å². The Hall–Kier alpha value is -2.69. The monoisotopic (exact) mass is 421 g/mol. The van der Waals surface area contributed by atoms with Gasteiger partial charge in [0.05, 0.1) is 5.41 Å². The number of likely N-dealkylation sites (tertiary alicyclic amines) is 1. The van der Waals surface area contributed by atoms with Crippen molar-refractivity contribution in [3.05, 3.63) is 54.4 Å². The lowest BCUT2D eigenvalue weighted by molar-refractivity contribution is -0.146. The van der Waals surface area contributed by atoms with Crippen LogP contribution in [0.25, 0.3) is 11.1 Å². The summed E-state index contributed by atoms with van der Waals surface area (Å²) in [6.45, 7) is 11.1. The lowest BCUT2D eigenvalue weighted by Gasteiger charge is -2.42. The smallest absolute Gasteiger partial charge is 0.227 e. The van der Waals surface area contributed by atoms with Crippen LogP contribution in [0.3, 0.4) is 0 Å². The number of hydrogen-bond donors (Lipinski definition) is 1. The lowest BCUT2D eigenvalue weighted by Crippen LogP contribution is -2.53. The summed E-state index contributed by atoms with van der Waals surface area (Å²) < 4.78 is 0. The molecule has 2 aromatic rings. The molecule has 1 N–H and O–H groups in total. The third-order valence-corrected chi connectivity index (χ3v) is 6.04. The molecule has 0 radical (unpaired) electrons. The van der Waals surface area contributed by atoms with Gasteiger partial charge in [0.15, 0.2) is 0 Å². The van der Waals surface area contributed by atoms with E-state index in [1.165, 1.54) is 0 Å². The molecule has 1 aromatic heterocycles. The molecule has 0 atom stereocenters. The Kier molecular flexibility index (Phi) is 6.83. The summed E-state index contributed by atoms with van der Waals surface area (Å²) in [6, 6.07) is 12.5. The number of aromatic nitrogens is 1. The van der Waals surface area contributed by atoms with Crippen molar-refractivity contribution in [3.8, 4) is 11.1 Å². The van der Waals surface area contributed by atoms with E-state index in [1.54, 1.807) is 6.20 Å². The maximum Gasteiger partial charge on any atom is 0.227 e. The SMILES string of the molecule is CC(C)NC(=O)C1(Cc2ccc(-c3cccnc3)cc2)CCN(C(=O)C(C)(C)C)CC1. The van der Waals surface area contributed by atoms with Gasteiger partial charge in [-0.05, 0) is 55.9 Å². The number of hydrogen-bond acceptors (Lipinski definition) is 3. The summed E-state index contributed by atoms with van der Waals surface area (Å²) in [5.74, 6) is 0.257. The summed E-state index contributed by atoms with van der Waals surface area (Å²) in [5.41, 5.74) is 2.44. The normalized spacial score (nSPS) is 16.3. The number of amides is 2. The molecular weight excluding hydrogens is 386 g/mol. The number of nitrogens with zero attached hydrogens (tertiary/aromatic N) is 2. The van der Waals surface area contributed by atoms with E-state index in [4.69, 9.17) is 0 Å². The second kappa shape index (κ2) is 9.21. The van der Waals surface area contributed by atoms with Gasteiger partial charge in [0.1, 0.15) is 0 Å². The highest BCUT2D eigenvalue weighted by molar-refractivity contribution is 5.85. The largest absolute Gasteiger partial charge is 0.353 e. The first-order valence-corrected chi connectivity index (χ1v) is 11.2. The summed E-state index contributed by atoms with van der Waals surface area (Å²) in [5, 5.41) is 3.13. The molecule has 1 aromatic carbocycles. The van der Waals surface area contributed by atoms with Crippen molar-refractivity contribution in [3.63, 3.8) is 0 Å². The first-order chi connectivity index (χ1) is 14.6. The summed E-state index contributed by atoms with van der Waals surface area (Å²) in [4.78, 5) is 32.1. The molecule has 166 valence electrons. The van der Waals surface area contributed by atoms with Crippen LogP contribution < -0.4 is 5.32 Å². The van der Waals surface area contributed by atoms with Crippen LogP contribution >= 0.6 is 0 Å². The highest BCUT2D eigenvalue weighted by Crippen LogP contribution is 2.37. The number of carbonyl (C=O) groups excluding carboxylic acids is 2. The standard InChI is InChI=1S/C26H35N3O2/c1-19(2)28-23(30)26(12-15-29(16-13-26)24(31)25(3,4)5)17-20-8-10-21(11-9-20)22-7-6-14-27-18-22/h6-11,14,18-19H,12-13,15-17H2,1-5H3,(H,28,30). The molecule has 1 aliphatic heterocycles. The summed E-state index contributed by atoms with van der Waals surface area (Å²) in [6.07, 6.45) is 5.66. The van der Waals surface area contributed by atoms with Crippen molar-refractivity contribution in [1.29, 1.82) is 0 Å². The van der Waals surface area contributed by atoms with Crippen molar-refractivity contribution < 1.29 is 9.59 Å². The van der Waals surface area contributed by atoms with Gasteiger partial charge in [-0.15, -0.1) is 0 Å². The van der Waals surface area contributed by atoms with E-state index in [-0.39, 0.29) is 17.9 Å². The van der Waals surface area contributed by atoms with E-state index in [0.29, 0.717) is 32.4 Å². The van der Waals surface area contributed by atoms with Gasteiger partial charge in [0, 0.05) is 36.9 Å². The van der Waals surface area contributed by atoms with E-state index in [2.05, 4.69) is 34.6 Å². The van der Waals surface area contributed by atoms with E-state index in [1.807, 2.05) is 57.8 Å². The molecule has 5 heteroatoms. The molecule has 0 bridgehead atoms. The third-order valence-electron chi connectivity index (χ3n) is 6.04. The Morgan fingerprint density at radius 1 is 1.06 bits per heavy atom. The van der Waals surface area contributed by atoms with E-state index >= 15 is 0 Å². The second-order valence-corrected chi connectivity index (χ2v) is 10.1. The Balaban J connectivity index is 1.79. The van der Waals surface area contributed by atoms with E-state index in [0.717, 1.165) is 16.7 Å². The highest BCUT2D eigenvalue weighted by atomic mass is 16.2.